The molecule has 0 fully saturated rings. The fourth-order valence-corrected chi connectivity index (χ4v) is 2.72. The van der Waals surface area contributed by atoms with E-state index in [1.807, 2.05) is 75.4 Å². The van der Waals surface area contributed by atoms with Crippen molar-refractivity contribution in [3.63, 3.8) is 0 Å². The molecule has 2 aromatic carbocycles. The number of benzene rings is 2. The van der Waals surface area contributed by atoms with E-state index in [2.05, 4.69) is 10.6 Å². The molecular formula is C22H29N3O2. The Hall–Kier alpha value is -2.66. The Morgan fingerprint density at radius 1 is 1.00 bits per heavy atom. The number of nitrogens with one attached hydrogen (secondary N) is 2. The first-order chi connectivity index (χ1) is 12.7. The van der Waals surface area contributed by atoms with E-state index in [4.69, 9.17) is 0 Å². The van der Waals surface area contributed by atoms with Gasteiger partial charge in [-0.15, -0.1) is 0 Å². The van der Waals surface area contributed by atoms with Crippen LogP contribution in [-0.2, 0) is 9.59 Å². The molecule has 0 saturated carbocycles. The van der Waals surface area contributed by atoms with Crippen molar-refractivity contribution < 1.29 is 9.59 Å². The minimum absolute atomic E-state index is 0.102. The van der Waals surface area contributed by atoms with Crippen LogP contribution in [0.5, 0.6) is 0 Å². The first-order valence-electron chi connectivity index (χ1n) is 9.14. The van der Waals surface area contributed by atoms with Gasteiger partial charge in [-0.05, 0) is 46.4 Å². The molecule has 0 saturated heterocycles. The van der Waals surface area contributed by atoms with Gasteiger partial charge in [0.2, 0.25) is 11.8 Å². The fourth-order valence-electron chi connectivity index (χ4n) is 2.72. The molecule has 0 aliphatic rings. The molecule has 0 aliphatic heterocycles. The smallest absolute Gasteiger partial charge is 0.241 e. The lowest BCUT2D eigenvalue weighted by Gasteiger charge is -2.26. The second-order valence-electron chi connectivity index (χ2n) is 7.79. The zero-order valence-electron chi connectivity index (χ0n) is 16.7. The number of amides is 2. The minimum atomic E-state index is -0.445. The van der Waals surface area contributed by atoms with Gasteiger partial charge < -0.3 is 10.6 Å². The topological polar surface area (TPSA) is 61.4 Å². The SMILES string of the molecule is C[C@H](C(=O)Nc1ccccc1-c1ccccc1)N(C)CC(=O)NC(C)(C)C. The summed E-state index contributed by atoms with van der Waals surface area (Å²) in [7, 11) is 1.77. The summed E-state index contributed by atoms with van der Waals surface area (Å²) < 4.78 is 0. The summed E-state index contributed by atoms with van der Waals surface area (Å²) in [5.74, 6) is -0.251. The van der Waals surface area contributed by atoms with Gasteiger partial charge in [-0.2, -0.15) is 0 Å². The highest BCUT2D eigenvalue weighted by atomic mass is 16.2. The third-order valence-electron chi connectivity index (χ3n) is 4.22. The third kappa shape index (κ3) is 6.22. The maximum atomic E-state index is 12.7. The molecule has 2 N–H and O–H groups in total. The lowest BCUT2D eigenvalue weighted by molar-refractivity contribution is -0.125. The van der Waals surface area contributed by atoms with Gasteiger partial charge >= 0.3 is 0 Å². The molecule has 144 valence electrons. The van der Waals surface area contributed by atoms with Crippen molar-refractivity contribution in [2.45, 2.75) is 39.3 Å². The fraction of sp³-hybridized carbons (Fsp3) is 0.364. The molecule has 2 rings (SSSR count). The van der Waals surface area contributed by atoms with Gasteiger partial charge in [-0.25, -0.2) is 0 Å². The summed E-state index contributed by atoms with van der Waals surface area (Å²) in [6.45, 7) is 7.75. The summed E-state index contributed by atoms with van der Waals surface area (Å²) in [6, 6.07) is 17.2. The number of carbonyl (C=O) groups is 2. The molecule has 0 bridgehead atoms. The molecule has 0 radical (unpaired) electrons. The first-order valence-corrected chi connectivity index (χ1v) is 9.14. The average Bonchev–Trinajstić information content (AvgIpc) is 2.60. The maximum Gasteiger partial charge on any atom is 0.241 e. The Labute approximate surface area is 161 Å². The molecule has 0 spiro atoms. The first kappa shape index (κ1) is 20.6. The molecule has 2 amide bonds. The van der Waals surface area contributed by atoms with Crippen LogP contribution in [0, 0.1) is 0 Å². The van der Waals surface area contributed by atoms with Crippen molar-refractivity contribution in [2.24, 2.45) is 0 Å². The number of hydrogen-bond acceptors (Lipinski definition) is 3. The van der Waals surface area contributed by atoms with E-state index in [1.54, 1.807) is 18.9 Å². The number of para-hydroxylation sites is 1. The summed E-state index contributed by atoms with van der Waals surface area (Å²) in [5, 5.41) is 5.91. The van der Waals surface area contributed by atoms with Crippen molar-refractivity contribution in [3.05, 3.63) is 54.6 Å². The highest BCUT2D eigenvalue weighted by Gasteiger charge is 2.22. The van der Waals surface area contributed by atoms with Crippen LogP contribution >= 0.6 is 0 Å². The number of rotatable bonds is 6. The summed E-state index contributed by atoms with van der Waals surface area (Å²) in [5.41, 5.74) is 2.47. The van der Waals surface area contributed by atoms with Gasteiger partial charge in [0.1, 0.15) is 0 Å². The highest BCUT2D eigenvalue weighted by Crippen LogP contribution is 2.27. The second kappa shape index (κ2) is 8.82. The predicted molar refractivity (Wildman–Crippen MR) is 110 cm³/mol. The van der Waals surface area contributed by atoms with Crippen LogP contribution in [0.2, 0.25) is 0 Å². The molecular weight excluding hydrogens is 338 g/mol. The van der Waals surface area contributed by atoms with E-state index < -0.39 is 6.04 Å². The predicted octanol–water partition coefficient (Wildman–Crippen LogP) is 3.53. The monoisotopic (exact) mass is 367 g/mol. The Kier molecular flexibility index (Phi) is 6.75. The molecule has 0 aromatic heterocycles. The highest BCUT2D eigenvalue weighted by molar-refractivity contribution is 5.98. The number of hydrogen-bond donors (Lipinski definition) is 2. The lowest BCUT2D eigenvalue weighted by Crippen LogP contribution is -2.49. The van der Waals surface area contributed by atoms with Gasteiger partial charge in [0, 0.05) is 16.8 Å². The van der Waals surface area contributed by atoms with Gasteiger partial charge in [0.05, 0.1) is 12.6 Å². The quantitative estimate of drug-likeness (QED) is 0.821. The number of likely N-dealkylation sites (N-methyl/N-ethyl adjacent to an activating group) is 1. The number of nitrogens with zero attached hydrogens (tertiary/aromatic N) is 1. The van der Waals surface area contributed by atoms with Crippen molar-refractivity contribution in [3.8, 4) is 11.1 Å². The van der Waals surface area contributed by atoms with E-state index in [0.717, 1.165) is 16.8 Å². The van der Waals surface area contributed by atoms with Crippen LogP contribution in [0.3, 0.4) is 0 Å². The average molecular weight is 367 g/mol. The van der Waals surface area contributed by atoms with E-state index in [9.17, 15) is 9.59 Å². The van der Waals surface area contributed by atoms with E-state index in [1.165, 1.54) is 0 Å². The number of anilines is 1. The van der Waals surface area contributed by atoms with Crippen molar-refractivity contribution >= 4 is 17.5 Å². The molecule has 5 nitrogen and oxygen atoms in total. The van der Waals surface area contributed by atoms with Crippen LogP contribution in [0.1, 0.15) is 27.7 Å². The Bertz CT molecular complexity index is 782. The van der Waals surface area contributed by atoms with Gasteiger partial charge in [-0.3, -0.25) is 14.5 Å². The molecule has 5 heteroatoms. The van der Waals surface area contributed by atoms with Crippen LogP contribution in [0.4, 0.5) is 5.69 Å². The Morgan fingerprint density at radius 2 is 1.59 bits per heavy atom. The largest absolute Gasteiger partial charge is 0.350 e. The lowest BCUT2D eigenvalue weighted by atomic mass is 10.0. The van der Waals surface area contributed by atoms with Crippen molar-refractivity contribution in [1.82, 2.24) is 10.2 Å². The number of carbonyl (C=O) groups excluding carboxylic acids is 2. The minimum Gasteiger partial charge on any atom is -0.350 e. The van der Waals surface area contributed by atoms with Crippen molar-refractivity contribution in [1.29, 1.82) is 0 Å². The van der Waals surface area contributed by atoms with Crippen LogP contribution in [-0.4, -0.2) is 41.9 Å². The molecule has 27 heavy (non-hydrogen) atoms. The Balaban J connectivity index is 2.06. The van der Waals surface area contributed by atoms with Gasteiger partial charge in [0.25, 0.3) is 0 Å². The molecule has 0 aliphatic carbocycles. The summed E-state index contributed by atoms with van der Waals surface area (Å²) in [6.07, 6.45) is 0. The van der Waals surface area contributed by atoms with Crippen molar-refractivity contribution in [2.75, 3.05) is 18.9 Å². The zero-order chi connectivity index (χ0) is 20.0. The van der Waals surface area contributed by atoms with Crippen LogP contribution in [0.25, 0.3) is 11.1 Å². The second-order valence-corrected chi connectivity index (χ2v) is 7.79. The standard InChI is InChI=1S/C22H29N3O2/c1-16(25(5)15-20(26)24-22(2,3)4)21(27)23-19-14-10-9-13-18(19)17-11-7-6-8-12-17/h6-14,16H,15H2,1-5H3,(H,23,27)(H,24,26)/t16-/m1/s1. The van der Waals surface area contributed by atoms with Gasteiger partial charge in [0.15, 0.2) is 0 Å². The molecule has 0 unspecified atom stereocenters. The Morgan fingerprint density at radius 3 is 2.22 bits per heavy atom. The van der Waals surface area contributed by atoms with Crippen LogP contribution in [0.15, 0.2) is 54.6 Å². The van der Waals surface area contributed by atoms with Crippen LogP contribution < -0.4 is 10.6 Å². The third-order valence-corrected chi connectivity index (χ3v) is 4.22. The van der Waals surface area contributed by atoms with E-state index in [0.29, 0.717) is 0 Å². The summed E-state index contributed by atoms with van der Waals surface area (Å²) >= 11 is 0. The molecule has 1 atom stereocenters. The van der Waals surface area contributed by atoms with E-state index >= 15 is 0 Å². The zero-order valence-corrected chi connectivity index (χ0v) is 16.7. The van der Waals surface area contributed by atoms with E-state index in [-0.39, 0.29) is 23.9 Å². The summed E-state index contributed by atoms with van der Waals surface area (Å²) in [4.78, 5) is 26.6. The normalized spacial score (nSPS) is 12.5. The molecule has 0 heterocycles. The maximum absolute atomic E-state index is 12.7. The molecule has 2 aromatic rings. The van der Waals surface area contributed by atoms with Gasteiger partial charge in [-0.1, -0.05) is 48.5 Å².